The van der Waals surface area contributed by atoms with E-state index < -0.39 is 10.0 Å². The van der Waals surface area contributed by atoms with Crippen LogP contribution in [0.2, 0.25) is 0 Å². The molecule has 132 valence electrons. The highest BCUT2D eigenvalue weighted by atomic mass is 32.2. The number of amides is 1. The third-order valence-electron chi connectivity index (χ3n) is 3.72. The lowest BCUT2D eigenvalue weighted by Crippen LogP contribution is -2.30. The number of aromatic amines is 1. The van der Waals surface area contributed by atoms with Gasteiger partial charge in [-0.05, 0) is 6.92 Å². The van der Waals surface area contributed by atoms with Gasteiger partial charge >= 0.3 is 0 Å². The van der Waals surface area contributed by atoms with Crippen LogP contribution in [0.1, 0.15) is 30.0 Å². The average molecular weight is 354 g/mol. The molecule has 0 aliphatic heterocycles. The van der Waals surface area contributed by atoms with Crippen molar-refractivity contribution < 1.29 is 17.6 Å². The van der Waals surface area contributed by atoms with Crippen LogP contribution in [0.3, 0.4) is 0 Å². The van der Waals surface area contributed by atoms with Gasteiger partial charge in [0.05, 0.1) is 11.8 Å². The van der Waals surface area contributed by atoms with Gasteiger partial charge in [-0.15, -0.1) is 0 Å². The fraction of sp³-hybridized carbons (Fsp3) is 0.467. The fourth-order valence-electron chi connectivity index (χ4n) is 2.42. The Bertz CT molecular complexity index is 832. The second-order valence-electron chi connectivity index (χ2n) is 5.48. The molecule has 0 unspecified atom stereocenters. The smallest absolute Gasteiger partial charge is 0.257 e. The zero-order valence-electron chi connectivity index (χ0n) is 14.5. The normalized spacial score (nSPS) is 11.9. The summed E-state index contributed by atoms with van der Waals surface area (Å²) in [7, 11) is -0.386. The van der Waals surface area contributed by atoms with Crippen molar-refractivity contribution >= 4 is 15.9 Å². The lowest BCUT2D eigenvalue weighted by atomic mass is 10.2. The maximum Gasteiger partial charge on any atom is 0.257 e. The van der Waals surface area contributed by atoms with Crippen molar-refractivity contribution in [2.24, 2.45) is 0 Å². The molecule has 2 heterocycles. The van der Waals surface area contributed by atoms with Crippen LogP contribution in [0, 0.1) is 6.92 Å². The number of furan rings is 1. The molecule has 0 radical (unpaired) electrons. The van der Waals surface area contributed by atoms with E-state index >= 15 is 0 Å². The minimum Gasteiger partial charge on any atom is -0.458 e. The highest BCUT2D eigenvalue weighted by Gasteiger charge is 2.28. The van der Waals surface area contributed by atoms with Gasteiger partial charge in [0, 0.05) is 33.3 Å². The number of nitrogens with zero attached hydrogens (tertiary/aromatic N) is 3. The Hall–Kier alpha value is -2.13. The molecule has 0 aliphatic carbocycles. The Balaban J connectivity index is 2.52. The molecule has 9 heteroatoms. The van der Waals surface area contributed by atoms with Gasteiger partial charge in [0.15, 0.2) is 5.76 Å². The molecular formula is C15H22N4O4S. The fourth-order valence-corrected chi connectivity index (χ4v) is 4.04. The largest absolute Gasteiger partial charge is 0.458 e. The molecule has 2 aromatic rings. The summed E-state index contributed by atoms with van der Waals surface area (Å²) < 4.78 is 32.3. The molecule has 0 aliphatic rings. The third kappa shape index (κ3) is 3.09. The first-order chi connectivity index (χ1) is 11.2. The standard InChI is InChI=1S/C15H22N4O4S/c1-6-19(7-2)24(21,22)13-8-12(23-10(13)3)14-11(9-16-17-14)15(20)18(4)5/h8-9H,6-7H2,1-5H3,(H,16,17). The average Bonchev–Trinajstić information content (AvgIpc) is 3.13. The predicted molar refractivity (Wildman–Crippen MR) is 89.2 cm³/mol. The van der Waals surface area contributed by atoms with Gasteiger partial charge in [0.2, 0.25) is 10.0 Å². The number of aromatic nitrogens is 2. The van der Waals surface area contributed by atoms with Crippen LogP contribution in [0.25, 0.3) is 11.5 Å². The summed E-state index contributed by atoms with van der Waals surface area (Å²) in [4.78, 5) is 13.7. The minimum atomic E-state index is -3.64. The van der Waals surface area contributed by atoms with Crippen molar-refractivity contribution in [3.05, 3.63) is 23.6 Å². The van der Waals surface area contributed by atoms with E-state index in [1.807, 2.05) is 0 Å². The number of aryl methyl sites for hydroxylation is 1. The second kappa shape index (κ2) is 6.78. The van der Waals surface area contributed by atoms with Gasteiger partial charge in [-0.1, -0.05) is 13.8 Å². The van der Waals surface area contributed by atoms with E-state index in [2.05, 4.69) is 10.2 Å². The van der Waals surface area contributed by atoms with Crippen molar-refractivity contribution in [3.63, 3.8) is 0 Å². The predicted octanol–water partition coefficient (Wildman–Crippen LogP) is 1.71. The van der Waals surface area contributed by atoms with Crippen molar-refractivity contribution in [1.82, 2.24) is 19.4 Å². The van der Waals surface area contributed by atoms with Gasteiger partial charge < -0.3 is 9.32 Å². The lowest BCUT2D eigenvalue weighted by molar-refractivity contribution is 0.0828. The summed E-state index contributed by atoms with van der Waals surface area (Å²) in [6.45, 7) is 5.88. The Morgan fingerprint density at radius 3 is 2.46 bits per heavy atom. The van der Waals surface area contributed by atoms with Gasteiger partial charge in [0.25, 0.3) is 5.91 Å². The van der Waals surface area contributed by atoms with Gasteiger partial charge in [-0.2, -0.15) is 9.40 Å². The van der Waals surface area contributed by atoms with E-state index in [9.17, 15) is 13.2 Å². The number of sulfonamides is 1. The van der Waals surface area contributed by atoms with Crippen LogP contribution in [0.15, 0.2) is 21.6 Å². The van der Waals surface area contributed by atoms with Crippen molar-refractivity contribution in [3.8, 4) is 11.5 Å². The van der Waals surface area contributed by atoms with E-state index in [4.69, 9.17) is 4.42 Å². The number of H-pyrrole nitrogens is 1. The third-order valence-corrected chi connectivity index (χ3v) is 5.88. The second-order valence-corrected chi connectivity index (χ2v) is 7.39. The molecule has 0 saturated carbocycles. The molecule has 2 aromatic heterocycles. The molecule has 0 atom stereocenters. The highest BCUT2D eigenvalue weighted by Crippen LogP contribution is 2.30. The van der Waals surface area contributed by atoms with Crippen molar-refractivity contribution in [2.75, 3.05) is 27.2 Å². The quantitative estimate of drug-likeness (QED) is 0.851. The summed E-state index contributed by atoms with van der Waals surface area (Å²) in [5, 5.41) is 6.59. The Morgan fingerprint density at radius 1 is 1.29 bits per heavy atom. The number of carbonyl (C=O) groups excluding carboxylic acids is 1. The number of nitrogens with one attached hydrogen (secondary N) is 1. The van der Waals surface area contributed by atoms with Gasteiger partial charge in [-0.3, -0.25) is 9.89 Å². The number of hydrogen-bond acceptors (Lipinski definition) is 5. The van der Waals surface area contributed by atoms with Crippen LogP contribution in [0.5, 0.6) is 0 Å². The van der Waals surface area contributed by atoms with Gasteiger partial charge in [-0.25, -0.2) is 8.42 Å². The molecule has 1 N–H and O–H groups in total. The number of hydrogen-bond donors (Lipinski definition) is 1. The zero-order valence-corrected chi connectivity index (χ0v) is 15.3. The first-order valence-electron chi connectivity index (χ1n) is 7.59. The summed E-state index contributed by atoms with van der Waals surface area (Å²) in [6, 6.07) is 1.43. The monoisotopic (exact) mass is 354 g/mol. The topological polar surface area (TPSA) is 99.5 Å². The first-order valence-corrected chi connectivity index (χ1v) is 9.04. The molecule has 0 aromatic carbocycles. The molecular weight excluding hydrogens is 332 g/mol. The molecule has 8 nitrogen and oxygen atoms in total. The van der Waals surface area contributed by atoms with Crippen LogP contribution in [0.4, 0.5) is 0 Å². The summed E-state index contributed by atoms with van der Waals surface area (Å²) >= 11 is 0. The van der Waals surface area contributed by atoms with E-state index in [1.165, 1.54) is 21.5 Å². The maximum absolute atomic E-state index is 12.7. The highest BCUT2D eigenvalue weighted by molar-refractivity contribution is 7.89. The molecule has 0 spiro atoms. The van der Waals surface area contributed by atoms with Crippen molar-refractivity contribution in [2.45, 2.75) is 25.7 Å². The molecule has 0 bridgehead atoms. The zero-order chi connectivity index (χ0) is 18.1. The Labute approximate surface area is 141 Å². The summed E-state index contributed by atoms with van der Waals surface area (Å²) in [5.74, 6) is 0.289. The van der Waals surface area contributed by atoms with E-state index in [0.717, 1.165) is 0 Å². The SMILES string of the molecule is CCN(CC)S(=O)(=O)c1cc(-c2[nH]ncc2C(=O)N(C)C)oc1C. The van der Waals surface area contributed by atoms with Crippen LogP contribution in [-0.4, -0.2) is 60.9 Å². The molecule has 24 heavy (non-hydrogen) atoms. The Morgan fingerprint density at radius 2 is 1.92 bits per heavy atom. The van der Waals surface area contributed by atoms with Gasteiger partial charge in [0.1, 0.15) is 16.3 Å². The lowest BCUT2D eigenvalue weighted by Gasteiger charge is -2.17. The molecule has 2 rings (SSSR count). The van der Waals surface area contributed by atoms with E-state index in [-0.39, 0.29) is 22.3 Å². The van der Waals surface area contributed by atoms with Crippen LogP contribution >= 0.6 is 0 Å². The number of rotatable bonds is 6. The van der Waals surface area contributed by atoms with E-state index in [1.54, 1.807) is 34.9 Å². The summed E-state index contributed by atoms with van der Waals surface area (Å²) in [6.07, 6.45) is 1.40. The summed E-state index contributed by atoms with van der Waals surface area (Å²) in [5.41, 5.74) is 0.679. The first kappa shape index (κ1) is 18.2. The van der Waals surface area contributed by atoms with Crippen LogP contribution < -0.4 is 0 Å². The molecule has 0 fully saturated rings. The van der Waals surface area contributed by atoms with Crippen LogP contribution in [-0.2, 0) is 10.0 Å². The Kier molecular flexibility index (Phi) is 5.14. The van der Waals surface area contributed by atoms with Crippen molar-refractivity contribution in [1.29, 1.82) is 0 Å². The maximum atomic E-state index is 12.7. The molecule has 0 saturated heterocycles. The molecule has 1 amide bonds. The van der Waals surface area contributed by atoms with E-state index in [0.29, 0.717) is 24.3 Å². The minimum absolute atomic E-state index is 0.0963. The number of carbonyl (C=O) groups is 1.